The normalized spacial score (nSPS) is 31.5. The van der Waals surface area contributed by atoms with E-state index >= 15 is 0 Å². The van der Waals surface area contributed by atoms with Gasteiger partial charge in [-0.3, -0.25) is 10.2 Å². The van der Waals surface area contributed by atoms with E-state index < -0.39 is 16.8 Å². The van der Waals surface area contributed by atoms with Crippen LogP contribution in [0.15, 0.2) is 0 Å². The second-order valence-electron chi connectivity index (χ2n) is 5.80. The third-order valence-electron chi connectivity index (χ3n) is 4.33. The maximum absolute atomic E-state index is 12.0. The van der Waals surface area contributed by atoms with Gasteiger partial charge in [-0.1, -0.05) is 20.8 Å². The third kappa shape index (κ3) is 2.16. The lowest BCUT2D eigenvalue weighted by Gasteiger charge is -2.42. The number of carbonyl (C=O) groups excluding carboxylic acids is 2. The Balaban J connectivity index is 2.93. The number of amides is 1. The molecule has 98 valence electrons. The van der Waals surface area contributed by atoms with Crippen LogP contribution in [0.1, 0.15) is 33.6 Å². The number of hydrogen-bond acceptors (Lipinski definition) is 4. The summed E-state index contributed by atoms with van der Waals surface area (Å²) in [5.74, 6) is -1.49. The van der Waals surface area contributed by atoms with Crippen LogP contribution in [0.2, 0.25) is 0 Å². The SMILES string of the molecule is CN(C)NC(=O)[C@H]1CC[C@](C)(C(=O)[O-])C1(C)C. The van der Waals surface area contributed by atoms with Gasteiger partial charge in [-0.05, 0) is 18.3 Å². The number of aliphatic carboxylic acids is 1. The zero-order valence-electron chi connectivity index (χ0n) is 11.2. The van der Waals surface area contributed by atoms with Gasteiger partial charge in [0.2, 0.25) is 5.91 Å². The highest BCUT2D eigenvalue weighted by Crippen LogP contribution is 2.55. The summed E-state index contributed by atoms with van der Waals surface area (Å²) in [6, 6.07) is 0. The lowest BCUT2D eigenvalue weighted by molar-refractivity contribution is -0.323. The van der Waals surface area contributed by atoms with E-state index in [4.69, 9.17) is 0 Å². The Kier molecular flexibility index (Phi) is 3.52. The second kappa shape index (κ2) is 4.29. The van der Waals surface area contributed by atoms with Gasteiger partial charge in [0.15, 0.2) is 0 Å². The number of hydrazine groups is 1. The lowest BCUT2D eigenvalue weighted by atomic mass is 9.65. The Morgan fingerprint density at radius 3 is 2.18 bits per heavy atom. The van der Waals surface area contributed by atoms with Crippen molar-refractivity contribution in [2.45, 2.75) is 33.6 Å². The molecule has 1 N–H and O–H groups in total. The number of carbonyl (C=O) groups is 2. The molecule has 5 heteroatoms. The molecule has 0 aromatic carbocycles. The predicted octanol–water partition coefficient (Wildman–Crippen LogP) is -0.228. The number of hydrogen-bond donors (Lipinski definition) is 1. The molecule has 0 saturated heterocycles. The molecule has 0 unspecified atom stereocenters. The minimum atomic E-state index is -1.07. The van der Waals surface area contributed by atoms with Crippen molar-refractivity contribution in [2.24, 2.45) is 16.7 Å². The maximum Gasteiger partial charge on any atom is 0.237 e. The van der Waals surface area contributed by atoms with E-state index in [9.17, 15) is 14.7 Å². The van der Waals surface area contributed by atoms with Gasteiger partial charge in [0.1, 0.15) is 0 Å². The predicted molar refractivity (Wildman–Crippen MR) is 61.4 cm³/mol. The summed E-state index contributed by atoms with van der Waals surface area (Å²) in [6.45, 7) is 5.33. The third-order valence-corrected chi connectivity index (χ3v) is 4.33. The summed E-state index contributed by atoms with van der Waals surface area (Å²) in [5, 5.41) is 12.9. The molecule has 0 aliphatic heterocycles. The molecule has 1 aliphatic carbocycles. The number of rotatable bonds is 3. The molecular formula is C12H21N2O3-. The van der Waals surface area contributed by atoms with Gasteiger partial charge < -0.3 is 9.90 Å². The van der Waals surface area contributed by atoms with Crippen molar-refractivity contribution in [3.63, 3.8) is 0 Å². The summed E-state index contributed by atoms with van der Waals surface area (Å²) >= 11 is 0. The number of carboxylic acids is 1. The minimum Gasteiger partial charge on any atom is -0.550 e. The highest BCUT2D eigenvalue weighted by atomic mass is 16.4. The van der Waals surface area contributed by atoms with E-state index in [-0.39, 0.29) is 11.8 Å². The minimum absolute atomic E-state index is 0.120. The van der Waals surface area contributed by atoms with Gasteiger partial charge in [-0.2, -0.15) is 0 Å². The average Bonchev–Trinajstić information content (AvgIpc) is 2.38. The van der Waals surface area contributed by atoms with Crippen molar-refractivity contribution in [1.29, 1.82) is 0 Å². The Labute approximate surface area is 102 Å². The highest BCUT2D eigenvalue weighted by Gasteiger charge is 2.54. The van der Waals surface area contributed by atoms with Gasteiger partial charge >= 0.3 is 0 Å². The van der Waals surface area contributed by atoms with Crippen LogP contribution in [0.3, 0.4) is 0 Å². The first-order chi connectivity index (χ1) is 7.63. The summed E-state index contributed by atoms with van der Waals surface area (Å²) in [5.41, 5.74) is 1.15. The monoisotopic (exact) mass is 241 g/mol. The molecule has 2 atom stereocenters. The molecule has 5 nitrogen and oxygen atoms in total. The van der Waals surface area contributed by atoms with Crippen LogP contribution >= 0.6 is 0 Å². The molecule has 0 heterocycles. The molecule has 1 saturated carbocycles. The van der Waals surface area contributed by atoms with Crippen LogP contribution in [0, 0.1) is 16.7 Å². The highest BCUT2D eigenvalue weighted by molar-refractivity contribution is 5.82. The van der Waals surface area contributed by atoms with E-state index in [1.807, 2.05) is 13.8 Å². The second-order valence-corrected chi connectivity index (χ2v) is 5.80. The van der Waals surface area contributed by atoms with Crippen LogP contribution < -0.4 is 10.5 Å². The van der Waals surface area contributed by atoms with E-state index in [0.29, 0.717) is 12.8 Å². The average molecular weight is 241 g/mol. The lowest BCUT2D eigenvalue weighted by Crippen LogP contribution is -2.51. The number of carboxylic acid groups (broad SMARTS) is 1. The molecule has 17 heavy (non-hydrogen) atoms. The van der Waals surface area contributed by atoms with Crippen molar-refractivity contribution < 1.29 is 14.7 Å². The van der Waals surface area contributed by atoms with Crippen LogP contribution in [0.25, 0.3) is 0 Å². The Bertz CT molecular complexity index is 339. The maximum atomic E-state index is 12.0. The zero-order valence-corrected chi connectivity index (χ0v) is 11.2. The molecule has 1 aliphatic rings. The molecule has 1 fully saturated rings. The fourth-order valence-corrected chi connectivity index (χ4v) is 2.62. The van der Waals surface area contributed by atoms with Crippen LogP contribution in [0.5, 0.6) is 0 Å². The Morgan fingerprint density at radius 1 is 1.29 bits per heavy atom. The van der Waals surface area contributed by atoms with Crippen molar-refractivity contribution in [1.82, 2.24) is 10.4 Å². The molecule has 0 spiro atoms. The molecule has 0 bridgehead atoms. The van der Waals surface area contributed by atoms with Gasteiger partial charge in [-0.25, -0.2) is 5.01 Å². The first kappa shape index (κ1) is 14.0. The van der Waals surface area contributed by atoms with Crippen molar-refractivity contribution in [2.75, 3.05) is 14.1 Å². The van der Waals surface area contributed by atoms with E-state index in [1.54, 1.807) is 26.0 Å². The van der Waals surface area contributed by atoms with Gasteiger partial charge in [-0.15, -0.1) is 0 Å². The van der Waals surface area contributed by atoms with Crippen molar-refractivity contribution >= 4 is 11.9 Å². The van der Waals surface area contributed by atoms with E-state index in [2.05, 4.69) is 5.43 Å². The van der Waals surface area contributed by atoms with E-state index in [1.165, 1.54) is 0 Å². The largest absolute Gasteiger partial charge is 0.550 e. The first-order valence-corrected chi connectivity index (χ1v) is 5.82. The Hall–Kier alpha value is -1.10. The van der Waals surface area contributed by atoms with Gasteiger partial charge in [0, 0.05) is 31.4 Å². The van der Waals surface area contributed by atoms with Crippen LogP contribution in [0.4, 0.5) is 0 Å². The summed E-state index contributed by atoms with van der Waals surface area (Å²) in [7, 11) is 3.47. The molecular weight excluding hydrogens is 220 g/mol. The topological polar surface area (TPSA) is 72.5 Å². The van der Waals surface area contributed by atoms with Gasteiger partial charge in [0.05, 0.1) is 0 Å². The Morgan fingerprint density at radius 2 is 1.82 bits per heavy atom. The number of nitrogens with one attached hydrogen (secondary N) is 1. The molecule has 1 rings (SSSR count). The fraction of sp³-hybridized carbons (Fsp3) is 0.833. The molecule has 0 radical (unpaired) electrons. The zero-order chi connectivity index (χ0) is 13.4. The summed E-state index contributed by atoms with van der Waals surface area (Å²) in [6.07, 6.45) is 1.06. The summed E-state index contributed by atoms with van der Waals surface area (Å²) in [4.78, 5) is 23.3. The van der Waals surface area contributed by atoms with Crippen LogP contribution in [-0.2, 0) is 9.59 Å². The first-order valence-electron chi connectivity index (χ1n) is 5.82. The molecule has 0 aromatic heterocycles. The molecule has 1 amide bonds. The van der Waals surface area contributed by atoms with Crippen LogP contribution in [-0.4, -0.2) is 31.0 Å². The summed E-state index contributed by atoms with van der Waals surface area (Å²) < 4.78 is 0. The van der Waals surface area contributed by atoms with Gasteiger partial charge in [0.25, 0.3) is 0 Å². The number of nitrogens with zero attached hydrogens (tertiary/aromatic N) is 1. The van der Waals surface area contributed by atoms with E-state index in [0.717, 1.165) is 0 Å². The quantitative estimate of drug-likeness (QED) is 0.693. The smallest absolute Gasteiger partial charge is 0.237 e. The van der Waals surface area contributed by atoms with Crippen molar-refractivity contribution in [3.05, 3.63) is 0 Å². The fourth-order valence-electron chi connectivity index (χ4n) is 2.62. The standard InChI is InChI=1S/C12H22N2O3/c1-11(2)8(9(15)13-14(4)5)6-7-12(11,3)10(16)17/h8H,6-7H2,1-5H3,(H,13,15)(H,16,17)/p-1/t8-,12-/m1/s1. The van der Waals surface area contributed by atoms with Crippen molar-refractivity contribution in [3.8, 4) is 0 Å². The molecule has 0 aromatic rings.